The van der Waals surface area contributed by atoms with Crippen molar-refractivity contribution in [3.63, 3.8) is 0 Å². The molecule has 30 heavy (non-hydrogen) atoms. The van der Waals surface area contributed by atoms with Gasteiger partial charge in [-0.3, -0.25) is 4.68 Å². The summed E-state index contributed by atoms with van der Waals surface area (Å²) in [5, 5.41) is 19.7. The summed E-state index contributed by atoms with van der Waals surface area (Å²) in [6.45, 7) is 0.691. The predicted molar refractivity (Wildman–Crippen MR) is 106 cm³/mol. The number of halogens is 3. The SMILES string of the molecule is OCCCn1ncc2cc(Nc3ncc(F)c(Nc4ccc(F)c(F)c4)n3)ccc21. The summed E-state index contributed by atoms with van der Waals surface area (Å²) >= 11 is 0. The van der Waals surface area contributed by atoms with Crippen LogP contribution in [0.4, 0.5) is 36.3 Å². The smallest absolute Gasteiger partial charge is 0.229 e. The van der Waals surface area contributed by atoms with E-state index in [4.69, 9.17) is 5.11 Å². The van der Waals surface area contributed by atoms with Gasteiger partial charge in [-0.25, -0.2) is 18.2 Å². The van der Waals surface area contributed by atoms with Gasteiger partial charge >= 0.3 is 0 Å². The van der Waals surface area contributed by atoms with Crippen LogP contribution in [0.5, 0.6) is 0 Å². The molecule has 0 aliphatic carbocycles. The molecule has 0 aliphatic heterocycles. The molecule has 2 aromatic heterocycles. The van der Waals surface area contributed by atoms with E-state index in [1.165, 1.54) is 6.07 Å². The molecule has 0 bridgehead atoms. The van der Waals surface area contributed by atoms with Crippen molar-refractivity contribution in [3.05, 3.63) is 66.2 Å². The van der Waals surface area contributed by atoms with Crippen molar-refractivity contribution in [1.29, 1.82) is 0 Å². The van der Waals surface area contributed by atoms with Crippen LogP contribution >= 0.6 is 0 Å². The van der Waals surface area contributed by atoms with Crippen LogP contribution < -0.4 is 10.6 Å². The van der Waals surface area contributed by atoms with Gasteiger partial charge in [-0.15, -0.1) is 0 Å². The van der Waals surface area contributed by atoms with E-state index in [1.54, 1.807) is 16.9 Å². The Hall–Kier alpha value is -3.66. The molecule has 154 valence electrons. The summed E-state index contributed by atoms with van der Waals surface area (Å²) in [6, 6.07) is 8.63. The Balaban J connectivity index is 1.54. The van der Waals surface area contributed by atoms with Gasteiger partial charge in [0.15, 0.2) is 23.3 Å². The number of aromatic nitrogens is 4. The molecule has 7 nitrogen and oxygen atoms in total. The van der Waals surface area contributed by atoms with E-state index in [0.717, 1.165) is 29.2 Å². The number of nitrogens with one attached hydrogen (secondary N) is 2. The Bertz CT molecular complexity index is 1200. The van der Waals surface area contributed by atoms with Crippen LogP contribution in [0.3, 0.4) is 0 Å². The van der Waals surface area contributed by atoms with E-state index in [1.807, 2.05) is 12.1 Å². The van der Waals surface area contributed by atoms with E-state index in [0.29, 0.717) is 18.7 Å². The first kappa shape index (κ1) is 19.6. The van der Waals surface area contributed by atoms with Gasteiger partial charge in [0, 0.05) is 36.0 Å². The van der Waals surface area contributed by atoms with Crippen LogP contribution in [0.1, 0.15) is 6.42 Å². The van der Waals surface area contributed by atoms with E-state index in [2.05, 4.69) is 25.7 Å². The molecule has 4 aromatic rings. The first-order valence-electron chi connectivity index (χ1n) is 9.11. The largest absolute Gasteiger partial charge is 0.396 e. The highest BCUT2D eigenvalue weighted by molar-refractivity contribution is 5.83. The zero-order chi connectivity index (χ0) is 21.1. The quantitative estimate of drug-likeness (QED) is 0.422. The maximum Gasteiger partial charge on any atom is 0.229 e. The van der Waals surface area contributed by atoms with Crippen molar-refractivity contribution in [2.75, 3.05) is 17.2 Å². The molecule has 0 saturated carbocycles. The van der Waals surface area contributed by atoms with Crippen molar-refractivity contribution in [2.45, 2.75) is 13.0 Å². The molecule has 0 fully saturated rings. The van der Waals surface area contributed by atoms with Crippen molar-refractivity contribution in [3.8, 4) is 0 Å². The van der Waals surface area contributed by atoms with Crippen LogP contribution in [0.15, 0.2) is 48.8 Å². The number of aliphatic hydroxyl groups excluding tert-OH is 1. The highest BCUT2D eigenvalue weighted by atomic mass is 19.2. The maximum atomic E-state index is 14.1. The molecular formula is C20H17F3N6O. The van der Waals surface area contributed by atoms with E-state index >= 15 is 0 Å². The van der Waals surface area contributed by atoms with Crippen LogP contribution in [0.2, 0.25) is 0 Å². The highest BCUT2D eigenvalue weighted by Gasteiger charge is 2.10. The highest BCUT2D eigenvalue weighted by Crippen LogP contribution is 2.24. The minimum Gasteiger partial charge on any atom is -0.396 e. The second-order valence-electron chi connectivity index (χ2n) is 6.49. The van der Waals surface area contributed by atoms with Gasteiger partial charge < -0.3 is 15.7 Å². The van der Waals surface area contributed by atoms with Crippen LogP contribution in [0, 0.1) is 17.5 Å². The molecule has 0 unspecified atom stereocenters. The lowest BCUT2D eigenvalue weighted by Gasteiger charge is -2.10. The molecule has 10 heteroatoms. The number of nitrogens with zero attached hydrogens (tertiary/aromatic N) is 4. The predicted octanol–water partition coefficient (Wildman–Crippen LogP) is 4.11. The van der Waals surface area contributed by atoms with E-state index in [-0.39, 0.29) is 24.1 Å². The fourth-order valence-corrected chi connectivity index (χ4v) is 2.92. The van der Waals surface area contributed by atoms with Crippen molar-refractivity contribution in [1.82, 2.24) is 19.7 Å². The summed E-state index contributed by atoms with van der Waals surface area (Å²) in [5.74, 6) is -2.86. The Labute approximate surface area is 169 Å². The molecule has 0 saturated heterocycles. The summed E-state index contributed by atoms with van der Waals surface area (Å²) < 4.78 is 42.3. The number of aliphatic hydroxyl groups is 1. The van der Waals surface area contributed by atoms with Crippen molar-refractivity contribution < 1.29 is 18.3 Å². The molecule has 3 N–H and O–H groups in total. The topological polar surface area (TPSA) is 87.9 Å². The summed E-state index contributed by atoms with van der Waals surface area (Å²) in [4.78, 5) is 7.98. The lowest BCUT2D eigenvalue weighted by molar-refractivity contribution is 0.278. The van der Waals surface area contributed by atoms with Crippen LogP contribution in [0.25, 0.3) is 10.9 Å². The molecule has 2 heterocycles. The van der Waals surface area contributed by atoms with E-state index < -0.39 is 17.5 Å². The number of hydrogen-bond acceptors (Lipinski definition) is 6. The lowest BCUT2D eigenvalue weighted by Crippen LogP contribution is -2.04. The Morgan fingerprint density at radius 2 is 1.70 bits per heavy atom. The molecule has 4 rings (SSSR count). The third-order valence-corrected chi connectivity index (χ3v) is 4.35. The van der Waals surface area contributed by atoms with Crippen molar-refractivity contribution >= 4 is 34.0 Å². The zero-order valence-electron chi connectivity index (χ0n) is 15.6. The number of hydrogen-bond donors (Lipinski definition) is 3. The standard InChI is InChI=1S/C20H17F3N6O/c21-15-4-2-14(9-16(15)22)26-19-17(23)11-24-20(28-19)27-13-3-5-18-12(8-13)10-25-29(18)6-1-7-30/h2-5,8-11,30H,1,6-7H2,(H2,24,26,27,28). The van der Waals surface area contributed by atoms with Crippen LogP contribution in [-0.2, 0) is 6.54 Å². The van der Waals surface area contributed by atoms with Gasteiger partial charge in [-0.05, 0) is 36.8 Å². The normalized spacial score (nSPS) is 11.1. The van der Waals surface area contributed by atoms with Gasteiger partial charge in [0.1, 0.15) is 0 Å². The molecule has 0 aliphatic rings. The first-order chi connectivity index (χ1) is 14.5. The van der Waals surface area contributed by atoms with Gasteiger partial charge in [0.2, 0.25) is 5.95 Å². The Morgan fingerprint density at radius 3 is 2.50 bits per heavy atom. The molecular weight excluding hydrogens is 397 g/mol. The van der Waals surface area contributed by atoms with E-state index in [9.17, 15) is 13.2 Å². The third-order valence-electron chi connectivity index (χ3n) is 4.35. The number of anilines is 4. The lowest BCUT2D eigenvalue weighted by atomic mass is 10.2. The zero-order valence-corrected chi connectivity index (χ0v) is 15.6. The van der Waals surface area contributed by atoms with Crippen LogP contribution in [-0.4, -0.2) is 31.5 Å². The molecule has 0 spiro atoms. The maximum absolute atomic E-state index is 14.1. The number of aryl methyl sites for hydroxylation is 1. The minimum absolute atomic E-state index is 0.0871. The average molecular weight is 414 g/mol. The van der Waals surface area contributed by atoms with Crippen molar-refractivity contribution in [2.24, 2.45) is 0 Å². The monoisotopic (exact) mass is 414 g/mol. The number of fused-ring (bicyclic) bond motifs is 1. The summed E-state index contributed by atoms with van der Waals surface area (Å²) in [5.41, 5.74) is 1.72. The second-order valence-corrected chi connectivity index (χ2v) is 6.49. The summed E-state index contributed by atoms with van der Waals surface area (Å²) in [6.07, 6.45) is 3.29. The van der Waals surface area contributed by atoms with Gasteiger partial charge in [0.25, 0.3) is 0 Å². The first-order valence-corrected chi connectivity index (χ1v) is 9.11. The molecule has 0 radical (unpaired) electrons. The fourth-order valence-electron chi connectivity index (χ4n) is 2.92. The molecule has 2 aromatic carbocycles. The fraction of sp³-hybridized carbons (Fsp3) is 0.150. The Kier molecular flexibility index (Phi) is 5.48. The van der Waals surface area contributed by atoms with Gasteiger partial charge in [-0.1, -0.05) is 0 Å². The number of benzene rings is 2. The second kappa shape index (κ2) is 8.37. The molecule has 0 atom stereocenters. The third kappa shape index (κ3) is 4.18. The minimum atomic E-state index is -1.05. The number of rotatable bonds is 7. The summed E-state index contributed by atoms with van der Waals surface area (Å²) in [7, 11) is 0. The average Bonchev–Trinajstić information content (AvgIpc) is 3.14. The molecule has 0 amide bonds. The Morgan fingerprint density at radius 1 is 0.900 bits per heavy atom. The van der Waals surface area contributed by atoms with Gasteiger partial charge in [-0.2, -0.15) is 10.1 Å². The van der Waals surface area contributed by atoms with Gasteiger partial charge in [0.05, 0.1) is 17.9 Å².